The summed E-state index contributed by atoms with van der Waals surface area (Å²) in [7, 11) is 4.05. The summed E-state index contributed by atoms with van der Waals surface area (Å²) in [5.41, 5.74) is 6.26. The van der Waals surface area contributed by atoms with Crippen LogP contribution in [0.5, 0.6) is 0 Å². The van der Waals surface area contributed by atoms with Gasteiger partial charge in [-0.2, -0.15) is 0 Å². The summed E-state index contributed by atoms with van der Waals surface area (Å²) in [5.74, 6) is 0.574. The molecular formula is C25H28N4O2S. The lowest BCUT2D eigenvalue weighted by molar-refractivity contribution is 0.0531. The quantitative estimate of drug-likeness (QED) is 0.377. The number of aromatic nitrogens is 2. The van der Waals surface area contributed by atoms with Gasteiger partial charge in [-0.3, -0.25) is 4.40 Å². The van der Waals surface area contributed by atoms with E-state index in [4.69, 9.17) is 9.72 Å². The van der Waals surface area contributed by atoms with Crippen LogP contribution < -0.4 is 10.2 Å². The van der Waals surface area contributed by atoms with E-state index in [-0.39, 0.29) is 5.97 Å². The van der Waals surface area contributed by atoms with Crippen LogP contribution >= 0.6 is 11.3 Å². The molecule has 1 N–H and O–H groups in total. The van der Waals surface area contributed by atoms with Crippen LogP contribution in [0.2, 0.25) is 0 Å². The molecule has 0 spiro atoms. The first-order valence-electron chi connectivity index (χ1n) is 10.6. The number of carbonyl (C=O) groups is 1. The van der Waals surface area contributed by atoms with Gasteiger partial charge < -0.3 is 15.0 Å². The average molecular weight is 449 g/mol. The summed E-state index contributed by atoms with van der Waals surface area (Å²) < 4.78 is 7.28. The van der Waals surface area contributed by atoms with E-state index < -0.39 is 0 Å². The highest BCUT2D eigenvalue weighted by Gasteiger charge is 2.23. The van der Waals surface area contributed by atoms with E-state index in [1.165, 1.54) is 22.5 Å². The van der Waals surface area contributed by atoms with Crippen molar-refractivity contribution < 1.29 is 9.53 Å². The Bertz CT molecular complexity index is 1260. The Morgan fingerprint density at radius 2 is 1.91 bits per heavy atom. The Kier molecular flexibility index (Phi) is 6.19. The number of ether oxygens (including phenoxy) is 1. The van der Waals surface area contributed by atoms with Crippen LogP contribution in [0.3, 0.4) is 0 Å². The molecule has 6 nitrogen and oxygen atoms in total. The summed E-state index contributed by atoms with van der Waals surface area (Å²) in [6, 6.07) is 16.8. The molecule has 0 unspecified atom stereocenters. The minimum atomic E-state index is -0.304. The number of imidazole rings is 1. The topological polar surface area (TPSA) is 58.9 Å². The van der Waals surface area contributed by atoms with Crippen LogP contribution in [-0.2, 0) is 11.3 Å². The third-order valence-corrected chi connectivity index (χ3v) is 6.49. The normalized spacial score (nSPS) is 11.0. The molecule has 0 aliphatic heterocycles. The highest BCUT2D eigenvalue weighted by atomic mass is 32.1. The molecule has 0 radical (unpaired) electrons. The van der Waals surface area contributed by atoms with Crippen molar-refractivity contribution in [1.82, 2.24) is 9.38 Å². The van der Waals surface area contributed by atoms with E-state index in [1.807, 2.05) is 32.3 Å². The number of nitrogens with zero attached hydrogens (tertiary/aromatic N) is 3. The molecule has 0 aliphatic rings. The van der Waals surface area contributed by atoms with E-state index in [9.17, 15) is 4.79 Å². The SMILES string of the molecule is CCOC(=O)c1sc2nc(-c3ccc(N(C)C)cc3)c(NCc3cccc(C)c3)n2c1C. The smallest absolute Gasteiger partial charge is 0.350 e. The lowest BCUT2D eigenvalue weighted by atomic mass is 10.1. The van der Waals surface area contributed by atoms with Gasteiger partial charge in [-0.05, 0) is 38.5 Å². The maximum atomic E-state index is 12.4. The molecule has 2 heterocycles. The molecular weight excluding hydrogens is 420 g/mol. The monoisotopic (exact) mass is 448 g/mol. The second-order valence-corrected chi connectivity index (χ2v) is 8.93. The zero-order chi connectivity index (χ0) is 22.8. The summed E-state index contributed by atoms with van der Waals surface area (Å²) in [4.78, 5) is 20.8. The fourth-order valence-corrected chi connectivity index (χ4v) is 4.74. The number of carbonyl (C=O) groups excluding carboxylic acids is 1. The van der Waals surface area contributed by atoms with Crippen molar-refractivity contribution in [2.24, 2.45) is 0 Å². The maximum Gasteiger partial charge on any atom is 0.350 e. The molecule has 2 aromatic heterocycles. The summed E-state index contributed by atoms with van der Waals surface area (Å²) >= 11 is 1.36. The van der Waals surface area contributed by atoms with Crippen molar-refractivity contribution >= 4 is 33.8 Å². The van der Waals surface area contributed by atoms with E-state index in [2.05, 4.69) is 65.7 Å². The zero-order valence-electron chi connectivity index (χ0n) is 19.1. The molecule has 4 rings (SSSR count). The first-order valence-corrected chi connectivity index (χ1v) is 11.5. The second-order valence-electron chi connectivity index (χ2n) is 7.95. The Hall–Kier alpha value is -3.32. The van der Waals surface area contributed by atoms with Gasteiger partial charge in [-0.25, -0.2) is 9.78 Å². The van der Waals surface area contributed by atoms with E-state index in [0.29, 0.717) is 18.0 Å². The lowest BCUT2D eigenvalue weighted by Crippen LogP contribution is -2.08. The van der Waals surface area contributed by atoms with Crippen molar-refractivity contribution in [3.05, 3.63) is 70.2 Å². The molecule has 0 saturated carbocycles. The molecule has 0 atom stereocenters. The lowest BCUT2D eigenvalue weighted by Gasteiger charge is -2.13. The average Bonchev–Trinajstić information content (AvgIpc) is 3.29. The predicted molar refractivity (Wildman–Crippen MR) is 132 cm³/mol. The molecule has 4 aromatic rings. The van der Waals surface area contributed by atoms with Gasteiger partial charge in [0.05, 0.1) is 6.61 Å². The number of hydrogen-bond donors (Lipinski definition) is 1. The maximum absolute atomic E-state index is 12.4. The Labute approximate surface area is 192 Å². The Morgan fingerprint density at radius 3 is 2.56 bits per heavy atom. The standard InChI is InChI=1S/C25H28N4O2S/c1-6-31-24(30)22-17(3)29-23(26-15-18-9-7-8-16(2)14-18)21(27-25(29)32-22)19-10-12-20(13-11-19)28(4)5/h7-14,26H,6,15H2,1-5H3. The largest absolute Gasteiger partial charge is 0.462 e. The number of fused-ring (bicyclic) bond motifs is 1. The first kappa shape index (κ1) is 21.9. The predicted octanol–water partition coefficient (Wildman–Crippen LogP) is 5.53. The molecule has 0 aliphatic carbocycles. The Morgan fingerprint density at radius 1 is 1.16 bits per heavy atom. The highest BCUT2D eigenvalue weighted by Crippen LogP contribution is 2.35. The molecule has 0 amide bonds. The summed E-state index contributed by atoms with van der Waals surface area (Å²) in [6.07, 6.45) is 0. The van der Waals surface area contributed by atoms with Crippen molar-refractivity contribution in [3.63, 3.8) is 0 Å². The fourth-order valence-electron chi connectivity index (χ4n) is 3.72. The van der Waals surface area contributed by atoms with Gasteiger partial charge in [0, 0.05) is 37.6 Å². The summed E-state index contributed by atoms with van der Waals surface area (Å²) in [6.45, 7) is 6.85. The number of rotatable bonds is 7. The first-order chi connectivity index (χ1) is 15.4. The van der Waals surface area contributed by atoms with Gasteiger partial charge in [0.2, 0.25) is 0 Å². The second kappa shape index (κ2) is 9.04. The minimum absolute atomic E-state index is 0.304. The van der Waals surface area contributed by atoms with Gasteiger partial charge in [-0.1, -0.05) is 53.3 Å². The van der Waals surface area contributed by atoms with Crippen LogP contribution in [0.25, 0.3) is 16.2 Å². The number of aryl methyl sites for hydroxylation is 2. The van der Waals surface area contributed by atoms with Crippen LogP contribution in [0.1, 0.15) is 33.4 Å². The van der Waals surface area contributed by atoms with Crippen LogP contribution in [0, 0.1) is 13.8 Å². The van der Waals surface area contributed by atoms with Crippen molar-refractivity contribution in [2.75, 3.05) is 30.9 Å². The summed E-state index contributed by atoms with van der Waals surface area (Å²) in [5, 5.41) is 3.59. The third kappa shape index (κ3) is 4.21. The van der Waals surface area contributed by atoms with Gasteiger partial charge in [0.15, 0.2) is 4.96 Å². The van der Waals surface area contributed by atoms with E-state index in [1.54, 1.807) is 0 Å². The zero-order valence-corrected chi connectivity index (χ0v) is 19.9. The molecule has 0 saturated heterocycles. The Balaban J connectivity index is 1.79. The molecule has 32 heavy (non-hydrogen) atoms. The number of thiazole rings is 1. The molecule has 166 valence electrons. The molecule has 0 fully saturated rings. The minimum Gasteiger partial charge on any atom is -0.462 e. The number of anilines is 2. The molecule has 0 bridgehead atoms. The van der Waals surface area contributed by atoms with Crippen LogP contribution in [-0.4, -0.2) is 36.1 Å². The highest BCUT2D eigenvalue weighted by molar-refractivity contribution is 7.19. The van der Waals surface area contributed by atoms with Gasteiger partial charge >= 0.3 is 5.97 Å². The van der Waals surface area contributed by atoms with Crippen molar-refractivity contribution in [1.29, 1.82) is 0 Å². The van der Waals surface area contributed by atoms with Crippen LogP contribution in [0.15, 0.2) is 48.5 Å². The van der Waals surface area contributed by atoms with Gasteiger partial charge in [0.25, 0.3) is 0 Å². The van der Waals surface area contributed by atoms with E-state index in [0.717, 1.165) is 33.4 Å². The fraction of sp³-hybridized carbons (Fsp3) is 0.280. The van der Waals surface area contributed by atoms with Gasteiger partial charge in [0.1, 0.15) is 16.4 Å². The number of nitrogens with one attached hydrogen (secondary N) is 1. The molecule has 2 aromatic carbocycles. The number of esters is 1. The third-order valence-electron chi connectivity index (χ3n) is 5.36. The number of hydrogen-bond acceptors (Lipinski definition) is 6. The van der Waals surface area contributed by atoms with Crippen molar-refractivity contribution in [2.45, 2.75) is 27.3 Å². The van der Waals surface area contributed by atoms with Gasteiger partial charge in [-0.15, -0.1) is 0 Å². The number of benzene rings is 2. The van der Waals surface area contributed by atoms with Crippen molar-refractivity contribution in [3.8, 4) is 11.3 Å². The van der Waals surface area contributed by atoms with E-state index >= 15 is 0 Å². The van der Waals surface area contributed by atoms with Crippen LogP contribution in [0.4, 0.5) is 11.5 Å². The molecule has 7 heteroatoms.